The molecule has 1 aliphatic heterocycles. The second kappa shape index (κ2) is 5.28. The molecule has 2 aliphatic rings. The van der Waals surface area contributed by atoms with Crippen molar-refractivity contribution in [3.8, 4) is 0 Å². The van der Waals surface area contributed by atoms with Crippen LogP contribution in [0.3, 0.4) is 0 Å². The number of allylic oxidation sites excluding steroid dienone is 2. The third kappa shape index (κ3) is 2.23. The number of anilines is 1. The fourth-order valence-corrected chi connectivity index (χ4v) is 3.93. The molecule has 23 heavy (non-hydrogen) atoms. The van der Waals surface area contributed by atoms with Crippen LogP contribution in [0.15, 0.2) is 34.3 Å². The number of hydrogen-bond acceptors (Lipinski definition) is 3. The Labute approximate surface area is 141 Å². The van der Waals surface area contributed by atoms with E-state index < -0.39 is 5.92 Å². The fraction of sp³-hybridized carbons (Fsp3) is 0.250. The number of carbonyl (C=O) groups excluding carboxylic acids is 1. The van der Waals surface area contributed by atoms with Gasteiger partial charge in [-0.05, 0) is 30.5 Å². The van der Waals surface area contributed by atoms with E-state index in [1.165, 1.54) is 0 Å². The number of aromatic amines is 2. The molecule has 0 saturated heterocycles. The van der Waals surface area contributed by atoms with Gasteiger partial charge in [0.25, 0.3) is 5.56 Å². The first-order valence-corrected chi connectivity index (χ1v) is 8.10. The highest BCUT2D eigenvalue weighted by atomic mass is 35.5. The van der Waals surface area contributed by atoms with Gasteiger partial charge in [0.1, 0.15) is 5.82 Å². The summed E-state index contributed by atoms with van der Waals surface area (Å²) in [5, 5.41) is 9.57. The van der Waals surface area contributed by atoms with Crippen molar-refractivity contribution >= 4 is 34.8 Å². The van der Waals surface area contributed by atoms with Crippen LogP contribution in [0.5, 0.6) is 0 Å². The van der Waals surface area contributed by atoms with E-state index in [9.17, 15) is 9.59 Å². The molecule has 0 radical (unpaired) electrons. The molecular formula is C16H13Cl2N3O2. The van der Waals surface area contributed by atoms with Crippen molar-refractivity contribution in [1.82, 2.24) is 10.2 Å². The zero-order valence-electron chi connectivity index (χ0n) is 12.0. The second-order valence-corrected chi connectivity index (χ2v) is 6.60. The largest absolute Gasteiger partial charge is 0.343 e. The van der Waals surface area contributed by atoms with Gasteiger partial charge >= 0.3 is 0 Å². The number of benzene rings is 1. The van der Waals surface area contributed by atoms with Gasteiger partial charge < -0.3 is 5.32 Å². The van der Waals surface area contributed by atoms with Crippen molar-refractivity contribution in [3.63, 3.8) is 0 Å². The molecule has 0 spiro atoms. The molecule has 3 N–H and O–H groups in total. The Morgan fingerprint density at radius 1 is 1.09 bits per heavy atom. The summed E-state index contributed by atoms with van der Waals surface area (Å²) in [4.78, 5) is 24.8. The Kier molecular flexibility index (Phi) is 3.36. The number of fused-ring (bicyclic) bond motifs is 1. The van der Waals surface area contributed by atoms with Gasteiger partial charge in [0.05, 0.1) is 5.56 Å². The van der Waals surface area contributed by atoms with E-state index in [0.29, 0.717) is 39.0 Å². The summed E-state index contributed by atoms with van der Waals surface area (Å²) in [6.45, 7) is 0. The van der Waals surface area contributed by atoms with Gasteiger partial charge in [-0.25, -0.2) is 0 Å². The number of ketones is 1. The van der Waals surface area contributed by atoms with Gasteiger partial charge in [0.2, 0.25) is 0 Å². The van der Waals surface area contributed by atoms with E-state index >= 15 is 0 Å². The Balaban J connectivity index is 2.00. The van der Waals surface area contributed by atoms with Crippen LogP contribution in [-0.2, 0) is 4.79 Å². The van der Waals surface area contributed by atoms with Gasteiger partial charge in [-0.1, -0.05) is 29.3 Å². The van der Waals surface area contributed by atoms with Gasteiger partial charge in [-0.2, -0.15) is 0 Å². The molecule has 2 heterocycles. The van der Waals surface area contributed by atoms with Gasteiger partial charge in [-0.15, -0.1) is 0 Å². The highest BCUT2D eigenvalue weighted by Crippen LogP contribution is 2.45. The molecule has 0 bridgehead atoms. The van der Waals surface area contributed by atoms with E-state index in [0.717, 1.165) is 18.5 Å². The second-order valence-electron chi connectivity index (χ2n) is 5.76. The van der Waals surface area contributed by atoms with E-state index in [1.54, 1.807) is 18.2 Å². The maximum Gasteiger partial charge on any atom is 0.270 e. The van der Waals surface area contributed by atoms with E-state index in [4.69, 9.17) is 23.2 Å². The lowest BCUT2D eigenvalue weighted by molar-refractivity contribution is -0.116. The van der Waals surface area contributed by atoms with Crippen LogP contribution in [0.4, 0.5) is 5.82 Å². The van der Waals surface area contributed by atoms with Gasteiger partial charge in [-0.3, -0.25) is 19.8 Å². The molecule has 4 rings (SSSR count). The number of nitrogens with one attached hydrogen (secondary N) is 3. The SMILES string of the molecule is O=C1CCCC2=C1C(c1ccc(Cl)cc1Cl)c1c([nH][nH]c1=O)N2. The van der Waals surface area contributed by atoms with Crippen molar-refractivity contribution in [1.29, 1.82) is 0 Å². The number of Topliss-reactive ketones (excluding diaryl/α,β-unsaturated/α-hetero) is 1. The van der Waals surface area contributed by atoms with Gasteiger partial charge in [0.15, 0.2) is 5.78 Å². The average molecular weight is 350 g/mol. The van der Waals surface area contributed by atoms with Gasteiger partial charge in [0, 0.05) is 33.7 Å². The zero-order valence-corrected chi connectivity index (χ0v) is 13.5. The fourth-order valence-electron chi connectivity index (χ4n) is 3.41. The number of hydrogen-bond donors (Lipinski definition) is 3. The number of H-pyrrole nitrogens is 2. The highest BCUT2D eigenvalue weighted by molar-refractivity contribution is 6.35. The smallest absolute Gasteiger partial charge is 0.270 e. The Morgan fingerprint density at radius 2 is 1.91 bits per heavy atom. The molecule has 118 valence electrons. The van der Waals surface area contributed by atoms with Crippen LogP contribution >= 0.6 is 23.2 Å². The van der Waals surface area contributed by atoms with E-state index in [1.807, 2.05) is 0 Å². The summed E-state index contributed by atoms with van der Waals surface area (Å²) < 4.78 is 0. The first-order chi connectivity index (χ1) is 11.1. The van der Waals surface area contributed by atoms with E-state index in [2.05, 4.69) is 15.5 Å². The molecule has 1 aromatic carbocycles. The molecule has 0 saturated carbocycles. The maximum absolute atomic E-state index is 12.5. The standard InChI is InChI=1S/C16H13Cl2N3O2/c17-7-4-5-8(9(18)6-7)12-13-10(2-1-3-11(13)22)19-15-14(12)16(23)21-20-15/h4-6,12H,1-3H2,(H3,19,20,21,23). The molecule has 5 nitrogen and oxygen atoms in total. The monoisotopic (exact) mass is 349 g/mol. The molecule has 2 aromatic rings. The van der Waals surface area contributed by atoms with Crippen LogP contribution in [0.1, 0.15) is 36.3 Å². The van der Waals surface area contributed by atoms with Crippen molar-refractivity contribution in [3.05, 3.63) is 61.0 Å². The summed E-state index contributed by atoms with van der Waals surface area (Å²) in [5.74, 6) is 0.175. The minimum Gasteiger partial charge on any atom is -0.343 e. The number of carbonyl (C=O) groups is 1. The summed E-state index contributed by atoms with van der Waals surface area (Å²) in [6, 6.07) is 5.14. The predicted octanol–water partition coefficient (Wildman–Crippen LogP) is 3.57. The first kappa shape index (κ1) is 14.6. The van der Waals surface area contributed by atoms with Crippen molar-refractivity contribution < 1.29 is 4.79 Å². The van der Waals surface area contributed by atoms with Crippen LogP contribution in [0.25, 0.3) is 0 Å². The van der Waals surface area contributed by atoms with Crippen molar-refractivity contribution in [2.45, 2.75) is 25.2 Å². The first-order valence-electron chi connectivity index (χ1n) is 7.35. The Hall–Kier alpha value is -1.98. The number of rotatable bonds is 1. The normalized spacial score (nSPS) is 20.1. The summed E-state index contributed by atoms with van der Waals surface area (Å²) in [5.41, 5.74) is 2.45. The molecule has 1 aromatic heterocycles. The number of aromatic nitrogens is 2. The molecular weight excluding hydrogens is 337 g/mol. The van der Waals surface area contributed by atoms with Crippen molar-refractivity contribution in [2.75, 3.05) is 5.32 Å². The van der Waals surface area contributed by atoms with Crippen molar-refractivity contribution in [2.24, 2.45) is 0 Å². The van der Waals surface area contributed by atoms with Crippen LogP contribution < -0.4 is 10.9 Å². The maximum atomic E-state index is 12.5. The Morgan fingerprint density at radius 3 is 2.70 bits per heavy atom. The minimum atomic E-state index is -0.478. The van der Waals surface area contributed by atoms with Crippen LogP contribution in [0, 0.1) is 0 Å². The third-order valence-corrected chi connectivity index (χ3v) is 4.96. The number of halogens is 2. The van der Waals surface area contributed by atoms with E-state index in [-0.39, 0.29) is 11.3 Å². The Bertz CT molecular complexity index is 910. The molecule has 7 heteroatoms. The molecule has 0 amide bonds. The topological polar surface area (TPSA) is 77.8 Å². The average Bonchev–Trinajstić information content (AvgIpc) is 2.87. The van der Waals surface area contributed by atoms with Crippen LogP contribution in [0.2, 0.25) is 10.0 Å². The quantitative estimate of drug-likeness (QED) is 0.736. The lowest BCUT2D eigenvalue weighted by Crippen LogP contribution is -2.29. The molecule has 0 fully saturated rings. The molecule has 1 aliphatic carbocycles. The molecule has 1 unspecified atom stereocenters. The molecule has 1 atom stereocenters. The minimum absolute atomic E-state index is 0.0565. The summed E-state index contributed by atoms with van der Waals surface area (Å²) in [6.07, 6.45) is 2.06. The highest BCUT2D eigenvalue weighted by Gasteiger charge is 2.38. The summed E-state index contributed by atoms with van der Waals surface area (Å²) in [7, 11) is 0. The summed E-state index contributed by atoms with van der Waals surface area (Å²) >= 11 is 12.3. The predicted molar refractivity (Wildman–Crippen MR) is 89.2 cm³/mol. The van der Waals surface area contributed by atoms with Crippen LogP contribution in [-0.4, -0.2) is 16.0 Å². The lowest BCUT2D eigenvalue weighted by Gasteiger charge is -2.31. The zero-order chi connectivity index (χ0) is 16.1. The third-order valence-electron chi connectivity index (χ3n) is 4.40. The lowest BCUT2D eigenvalue weighted by atomic mass is 9.77.